The first-order valence-corrected chi connectivity index (χ1v) is 9.90. The normalized spacial score (nSPS) is 27.0. The second-order valence-electron chi connectivity index (χ2n) is 8.86. The lowest BCUT2D eigenvalue weighted by Crippen LogP contribution is -2.57. The van der Waals surface area contributed by atoms with Crippen molar-refractivity contribution in [3.05, 3.63) is 12.2 Å². The van der Waals surface area contributed by atoms with E-state index in [1.165, 1.54) is 0 Å². The van der Waals surface area contributed by atoms with E-state index in [-0.39, 0.29) is 23.3 Å². The number of hydrogen-bond donors (Lipinski definition) is 3. The first-order valence-electron chi connectivity index (χ1n) is 9.90. The Balaban J connectivity index is 2.00. The molecule has 7 heteroatoms. The van der Waals surface area contributed by atoms with Crippen LogP contribution in [0, 0.1) is 10.8 Å². The van der Waals surface area contributed by atoms with E-state index in [9.17, 15) is 14.7 Å². The van der Waals surface area contributed by atoms with Crippen molar-refractivity contribution in [3.8, 4) is 0 Å². The van der Waals surface area contributed by atoms with Crippen LogP contribution in [0.1, 0.15) is 52.9 Å². The van der Waals surface area contributed by atoms with E-state index in [0.29, 0.717) is 19.7 Å². The maximum absolute atomic E-state index is 13.0. The van der Waals surface area contributed by atoms with Gasteiger partial charge in [-0.3, -0.25) is 4.79 Å². The summed E-state index contributed by atoms with van der Waals surface area (Å²) in [5.41, 5.74) is 5.22. The van der Waals surface area contributed by atoms with Gasteiger partial charge in [0.05, 0.1) is 19.3 Å². The molecular weight excluding hydrogens is 346 g/mol. The van der Waals surface area contributed by atoms with Gasteiger partial charge < -0.3 is 25.8 Å². The number of primary amides is 1. The van der Waals surface area contributed by atoms with E-state index >= 15 is 0 Å². The van der Waals surface area contributed by atoms with Crippen LogP contribution in [0.3, 0.4) is 0 Å². The second-order valence-corrected chi connectivity index (χ2v) is 8.86. The molecule has 1 fully saturated rings. The highest BCUT2D eigenvalue weighted by Gasteiger charge is 2.37. The second kappa shape index (κ2) is 9.06. The maximum Gasteiger partial charge on any atom is 0.312 e. The Morgan fingerprint density at radius 2 is 1.93 bits per heavy atom. The summed E-state index contributed by atoms with van der Waals surface area (Å²) < 4.78 is 5.98. The molecule has 0 aromatic heterocycles. The van der Waals surface area contributed by atoms with E-state index < -0.39 is 18.2 Å². The van der Waals surface area contributed by atoms with Gasteiger partial charge in [0.15, 0.2) is 0 Å². The van der Waals surface area contributed by atoms with Gasteiger partial charge in [0.25, 0.3) is 0 Å². The lowest BCUT2D eigenvalue weighted by Gasteiger charge is -2.40. The number of carbonyl (C=O) groups excluding carboxylic acids is 2. The highest BCUT2D eigenvalue weighted by atomic mass is 16.5. The van der Waals surface area contributed by atoms with Gasteiger partial charge in [-0.25, -0.2) is 4.79 Å². The fraction of sp³-hybridized carbons (Fsp3) is 0.800. The molecule has 154 valence electrons. The zero-order valence-corrected chi connectivity index (χ0v) is 16.9. The van der Waals surface area contributed by atoms with Gasteiger partial charge in [0.2, 0.25) is 5.91 Å². The minimum atomic E-state index is -0.821. The quantitative estimate of drug-likeness (QED) is 0.585. The zero-order chi connectivity index (χ0) is 20.1. The summed E-state index contributed by atoms with van der Waals surface area (Å²) in [5, 5.41) is 12.4. The number of aliphatic hydroxyl groups is 1. The number of rotatable bonds is 7. The lowest BCUT2D eigenvalue weighted by atomic mass is 9.78. The van der Waals surface area contributed by atoms with Crippen molar-refractivity contribution in [1.29, 1.82) is 0 Å². The van der Waals surface area contributed by atoms with Crippen LogP contribution in [0.5, 0.6) is 0 Å². The fourth-order valence-electron chi connectivity index (χ4n) is 3.73. The molecule has 0 aromatic rings. The molecule has 0 spiro atoms. The number of hydrogen-bond acceptors (Lipinski definition) is 4. The smallest absolute Gasteiger partial charge is 0.312 e. The van der Waals surface area contributed by atoms with Crippen molar-refractivity contribution >= 4 is 11.9 Å². The molecule has 2 rings (SSSR count). The van der Waals surface area contributed by atoms with Crippen LogP contribution in [0.15, 0.2) is 12.2 Å². The Kier molecular flexibility index (Phi) is 7.28. The summed E-state index contributed by atoms with van der Waals surface area (Å²) in [6.07, 6.45) is 7.99. The summed E-state index contributed by atoms with van der Waals surface area (Å²) in [6, 6.07) is -1.56. The Morgan fingerprint density at radius 3 is 2.44 bits per heavy atom. The zero-order valence-electron chi connectivity index (χ0n) is 16.9. The molecule has 4 N–H and O–H groups in total. The van der Waals surface area contributed by atoms with Crippen LogP contribution in [0.25, 0.3) is 0 Å². The number of nitrogens with two attached hydrogens (primary N) is 1. The van der Waals surface area contributed by atoms with Crippen LogP contribution in [0.2, 0.25) is 0 Å². The van der Waals surface area contributed by atoms with Crippen LogP contribution >= 0.6 is 0 Å². The third kappa shape index (κ3) is 5.94. The summed E-state index contributed by atoms with van der Waals surface area (Å²) >= 11 is 0. The fourth-order valence-corrected chi connectivity index (χ4v) is 3.73. The number of nitrogens with one attached hydrogen (secondary N) is 1. The minimum Gasteiger partial charge on any atom is -0.396 e. The van der Waals surface area contributed by atoms with E-state index in [2.05, 4.69) is 31.3 Å². The van der Waals surface area contributed by atoms with Gasteiger partial charge in [-0.15, -0.1) is 0 Å². The van der Waals surface area contributed by atoms with Gasteiger partial charge in [0, 0.05) is 18.5 Å². The number of aliphatic hydroxyl groups excluding tert-OH is 1. The number of allylic oxidation sites excluding steroid dienone is 2. The monoisotopic (exact) mass is 381 g/mol. The summed E-state index contributed by atoms with van der Waals surface area (Å²) in [5.74, 6) is -0.154. The van der Waals surface area contributed by atoms with Crippen LogP contribution in [-0.4, -0.2) is 60.4 Å². The first kappa shape index (κ1) is 21.7. The highest BCUT2D eigenvalue weighted by molar-refractivity contribution is 5.87. The van der Waals surface area contributed by atoms with Crippen molar-refractivity contribution in [1.82, 2.24) is 10.2 Å². The van der Waals surface area contributed by atoms with Crippen molar-refractivity contribution in [2.24, 2.45) is 16.6 Å². The van der Waals surface area contributed by atoms with Gasteiger partial charge >= 0.3 is 6.03 Å². The predicted octanol–water partition coefficient (Wildman–Crippen LogP) is 1.80. The molecule has 1 saturated heterocycles. The van der Waals surface area contributed by atoms with Crippen molar-refractivity contribution < 1.29 is 19.4 Å². The van der Waals surface area contributed by atoms with E-state index in [0.717, 1.165) is 32.1 Å². The third-order valence-corrected chi connectivity index (χ3v) is 6.01. The molecule has 1 aliphatic carbocycles. The molecule has 3 atom stereocenters. The molecule has 2 unspecified atom stereocenters. The largest absolute Gasteiger partial charge is 0.396 e. The number of likely N-dealkylation sites (tertiary alicyclic amines) is 1. The summed E-state index contributed by atoms with van der Waals surface area (Å²) in [6.45, 7) is 7.89. The molecule has 0 radical (unpaired) electrons. The number of urea groups is 1. The molecule has 0 aromatic carbocycles. The number of carbonyl (C=O) groups is 2. The van der Waals surface area contributed by atoms with Crippen LogP contribution in [-0.2, 0) is 9.53 Å². The summed E-state index contributed by atoms with van der Waals surface area (Å²) in [7, 11) is 0. The third-order valence-electron chi connectivity index (χ3n) is 6.01. The van der Waals surface area contributed by atoms with Gasteiger partial charge in [-0.1, -0.05) is 26.0 Å². The molecule has 0 bridgehead atoms. The van der Waals surface area contributed by atoms with Crippen molar-refractivity contribution in [2.45, 2.75) is 65.0 Å². The topological polar surface area (TPSA) is 105 Å². The van der Waals surface area contributed by atoms with Gasteiger partial charge in [-0.2, -0.15) is 0 Å². The van der Waals surface area contributed by atoms with E-state index in [1.54, 1.807) is 11.8 Å². The molecule has 27 heavy (non-hydrogen) atoms. The van der Waals surface area contributed by atoms with Crippen LogP contribution < -0.4 is 11.1 Å². The Labute approximate surface area is 162 Å². The lowest BCUT2D eigenvalue weighted by molar-refractivity contribution is -0.140. The predicted molar refractivity (Wildman–Crippen MR) is 104 cm³/mol. The Bertz CT molecular complexity index is 553. The molecular formula is C20H35N3O4. The minimum absolute atomic E-state index is 0.0348. The average Bonchev–Trinajstić information content (AvgIpc) is 2.64. The van der Waals surface area contributed by atoms with Crippen molar-refractivity contribution in [3.63, 3.8) is 0 Å². The van der Waals surface area contributed by atoms with Crippen LogP contribution in [0.4, 0.5) is 4.79 Å². The standard InChI is InChI=1S/C20H35N3O4/c1-15(27-14-20(13-24)7-5-4-6-8-20)16(22-18(21)26)17(25)23-11-9-19(2,3)10-12-23/h4-5,15-16,24H,6-14H2,1-3H3,(H3,21,22,26)/t15-,16?,20?/m1/s1. The van der Waals surface area contributed by atoms with E-state index in [1.807, 2.05) is 0 Å². The molecule has 0 saturated carbocycles. The van der Waals surface area contributed by atoms with E-state index in [4.69, 9.17) is 10.5 Å². The van der Waals surface area contributed by atoms with Crippen molar-refractivity contribution in [2.75, 3.05) is 26.3 Å². The average molecular weight is 382 g/mol. The van der Waals surface area contributed by atoms with Gasteiger partial charge in [0.1, 0.15) is 6.04 Å². The highest BCUT2D eigenvalue weighted by Crippen LogP contribution is 2.33. The molecule has 3 amide bonds. The number of piperidine rings is 1. The maximum atomic E-state index is 13.0. The molecule has 1 aliphatic heterocycles. The first-order chi connectivity index (χ1) is 12.7. The summed E-state index contributed by atoms with van der Waals surface area (Å²) in [4.78, 5) is 26.3. The molecule has 7 nitrogen and oxygen atoms in total. The molecule has 1 heterocycles. The number of nitrogens with zero attached hydrogens (tertiary/aromatic N) is 1. The number of amides is 3. The molecule has 2 aliphatic rings. The Hall–Kier alpha value is -1.60. The SMILES string of the molecule is C[C@@H](OCC1(CO)CC=CCC1)C(NC(N)=O)C(=O)N1CCC(C)(C)CC1. The Morgan fingerprint density at radius 1 is 1.26 bits per heavy atom. The van der Waals surface area contributed by atoms with Gasteiger partial charge in [-0.05, 0) is 44.4 Å². The number of ether oxygens (including phenoxy) is 1.